The summed E-state index contributed by atoms with van der Waals surface area (Å²) < 4.78 is 4.83. The zero-order valence-corrected chi connectivity index (χ0v) is 5.98. The van der Waals surface area contributed by atoms with Gasteiger partial charge in [0.05, 0.1) is 6.10 Å². The minimum Gasteiger partial charge on any atom is -0.387 e. The van der Waals surface area contributed by atoms with Crippen molar-refractivity contribution in [2.45, 2.75) is 37.9 Å². The average molecular weight is 148 g/mol. The summed E-state index contributed by atoms with van der Waals surface area (Å²) in [5.41, 5.74) is 0. The lowest BCUT2D eigenvalue weighted by molar-refractivity contribution is -0.212. The Kier molecular flexibility index (Phi) is 1.72. The predicted molar refractivity (Wildman–Crippen MR) is 33.2 cm³/mol. The molecule has 0 amide bonds. The molecule has 1 aliphatic rings. The van der Waals surface area contributed by atoms with Crippen molar-refractivity contribution in [3.63, 3.8) is 0 Å². The molecule has 1 aliphatic heterocycles. The summed E-state index contributed by atoms with van der Waals surface area (Å²) in [6, 6.07) is 0. The molecule has 0 aliphatic carbocycles. The van der Waals surface area contributed by atoms with E-state index >= 15 is 0 Å². The van der Waals surface area contributed by atoms with Crippen LogP contribution in [0.5, 0.6) is 0 Å². The molecular weight excluding hydrogens is 136 g/mol. The highest BCUT2D eigenvalue weighted by Crippen LogP contribution is 2.27. The zero-order valence-electron chi connectivity index (χ0n) is 5.98. The van der Waals surface area contributed by atoms with Gasteiger partial charge in [-0.2, -0.15) is 0 Å². The van der Waals surface area contributed by atoms with Crippen molar-refractivity contribution in [2.24, 2.45) is 0 Å². The third kappa shape index (κ3) is 1.03. The molecule has 0 aromatic carbocycles. The van der Waals surface area contributed by atoms with Gasteiger partial charge >= 0.3 is 0 Å². The highest BCUT2D eigenvalue weighted by Gasteiger charge is 2.48. The highest BCUT2D eigenvalue weighted by atomic mass is 16.7. The van der Waals surface area contributed by atoms with Gasteiger partial charge in [-0.15, -0.1) is 0 Å². The second kappa shape index (κ2) is 2.17. The van der Waals surface area contributed by atoms with Crippen LogP contribution in [0.15, 0.2) is 0 Å². The number of hydrogen-bond acceptors (Lipinski definition) is 4. The molecule has 1 saturated heterocycles. The molecule has 0 aromatic heterocycles. The summed E-state index contributed by atoms with van der Waals surface area (Å²) in [7, 11) is 0. The minimum atomic E-state index is -1.60. The Bertz CT molecular complexity index is 134. The fraction of sp³-hybridized carbons (Fsp3) is 1.00. The van der Waals surface area contributed by atoms with Crippen LogP contribution in [0.25, 0.3) is 0 Å². The molecule has 4 nitrogen and oxygen atoms in total. The Balaban J connectivity index is 2.71. The molecule has 10 heavy (non-hydrogen) atoms. The largest absolute Gasteiger partial charge is 0.387 e. The molecule has 4 atom stereocenters. The van der Waals surface area contributed by atoms with E-state index < -0.39 is 24.1 Å². The fourth-order valence-electron chi connectivity index (χ4n) is 1.09. The van der Waals surface area contributed by atoms with Gasteiger partial charge in [0.2, 0.25) is 0 Å². The van der Waals surface area contributed by atoms with Crippen molar-refractivity contribution in [1.82, 2.24) is 0 Å². The summed E-state index contributed by atoms with van der Waals surface area (Å²) >= 11 is 0. The molecule has 1 fully saturated rings. The number of rotatable bonds is 0. The van der Waals surface area contributed by atoms with E-state index in [1.165, 1.54) is 6.92 Å². The monoisotopic (exact) mass is 148 g/mol. The van der Waals surface area contributed by atoms with Crippen molar-refractivity contribution in [1.29, 1.82) is 0 Å². The standard InChI is InChI=1S/C6H12O4/c1-3-4(7)5(8)6(2,9)10-3/h3-5,7-9H,1-2H3/t3-,4-,5+,6-/m1/s1. The van der Waals surface area contributed by atoms with Crippen LogP contribution in [-0.4, -0.2) is 39.4 Å². The van der Waals surface area contributed by atoms with Crippen LogP contribution in [-0.2, 0) is 4.74 Å². The van der Waals surface area contributed by atoms with Crippen LogP contribution in [0.3, 0.4) is 0 Å². The van der Waals surface area contributed by atoms with Gasteiger partial charge in [0, 0.05) is 0 Å². The fourth-order valence-corrected chi connectivity index (χ4v) is 1.09. The van der Waals surface area contributed by atoms with Gasteiger partial charge in [0.25, 0.3) is 0 Å². The molecule has 0 aromatic rings. The van der Waals surface area contributed by atoms with Crippen molar-refractivity contribution in [2.75, 3.05) is 0 Å². The van der Waals surface area contributed by atoms with Gasteiger partial charge in [-0.3, -0.25) is 0 Å². The molecule has 3 N–H and O–H groups in total. The van der Waals surface area contributed by atoms with Gasteiger partial charge in [-0.25, -0.2) is 0 Å². The Morgan fingerprint density at radius 3 is 2.00 bits per heavy atom. The summed E-state index contributed by atoms with van der Waals surface area (Å²) in [5, 5.41) is 27.3. The summed E-state index contributed by atoms with van der Waals surface area (Å²) in [5.74, 6) is -1.60. The van der Waals surface area contributed by atoms with Crippen LogP contribution in [0.2, 0.25) is 0 Å². The lowest BCUT2D eigenvalue weighted by Gasteiger charge is -2.19. The van der Waals surface area contributed by atoms with E-state index in [0.717, 1.165) is 0 Å². The Labute approximate surface area is 59.1 Å². The van der Waals surface area contributed by atoms with Crippen LogP contribution in [0.4, 0.5) is 0 Å². The lowest BCUT2D eigenvalue weighted by atomic mass is 10.1. The Morgan fingerprint density at radius 1 is 1.40 bits per heavy atom. The summed E-state index contributed by atoms with van der Waals surface area (Å²) in [4.78, 5) is 0. The van der Waals surface area contributed by atoms with Crippen molar-refractivity contribution in [3.8, 4) is 0 Å². The first-order chi connectivity index (χ1) is 4.45. The third-order valence-electron chi connectivity index (χ3n) is 1.78. The van der Waals surface area contributed by atoms with Crippen molar-refractivity contribution < 1.29 is 20.1 Å². The Hall–Kier alpha value is -0.160. The first-order valence-electron chi connectivity index (χ1n) is 3.21. The molecule has 60 valence electrons. The molecule has 0 spiro atoms. The van der Waals surface area contributed by atoms with Crippen LogP contribution >= 0.6 is 0 Å². The predicted octanol–water partition coefficient (Wildman–Crippen LogP) is -1.16. The van der Waals surface area contributed by atoms with E-state index in [0.29, 0.717) is 0 Å². The van der Waals surface area contributed by atoms with E-state index in [2.05, 4.69) is 0 Å². The number of ether oxygens (including phenoxy) is 1. The zero-order chi connectivity index (χ0) is 7.94. The molecule has 1 rings (SSSR count). The van der Waals surface area contributed by atoms with E-state index in [4.69, 9.17) is 14.9 Å². The first kappa shape index (κ1) is 7.94. The van der Waals surface area contributed by atoms with Gasteiger partial charge in [-0.1, -0.05) is 0 Å². The van der Waals surface area contributed by atoms with E-state index in [9.17, 15) is 5.11 Å². The molecule has 0 bridgehead atoms. The number of aliphatic hydroxyl groups is 3. The SMILES string of the molecule is C[C@H]1O[C@@](C)(O)[C@@H](O)[C@@H]1O. The summed E-state index contributed by atoms with van der Waals surface area (Å²) in [6.45, 7) is 2.92. The van der Waals surface area contributed by atoms with E-state index in [1.54, 1.807) is 6.92 Å². The number of hydrogen-bond donors (Lipinski definition) is 3. The maximum Gasteiger partial charge on any atom is 0.192 e. The Morgan fingerprint density at radius 2 is 1.90 bits per heavy atom. The van der Waals surface area contributed by atoms with Crippen LogP contribution < -0.4 is 0 Å². The molecule has 1 heterocycles. The maximum atomic E-state index is 9.17. The second-order valence-electron chi connectivity index (χ2n) is 2.81. The minimum absolute atomic E-state index is 0.509. The highest BCUT2D eigenvalue weighted by molar-refractivity contribution is 4.90. The number of aliphatic hydroxyl groups excluding tert-OH is 2. The normalized spacial score (nSPS) is 55.5. The average Bonchev–Trinajstić information content (AvgIpc) is 1.95. The van der Waals surface area contributed by atoms with Gasteiger partial charge in [0.15, 0.2) is 5.79 Å². The van der Waals surface area contributed by atoms with Gasteiger partial charge in [-0.05, 0) is 13.8 Å². The molecular formula is C6H12O4. The summed E-state index contributed by atoms with van der Waals surface area (Å²) in [6.07, 6.45) is -2.71. The first-order valence-corrected chi connectivity index (χ1v) is 3.21. The molecule has 0 unspecified atom stereocenters. The molecule has 4 heteroatoms. The lowest BCUT2D eigenvalue weighted by Crippen LogP contribution is -2.40. The van der Waals surface area contributed by atoms with Crippen LogP contribution in [0, 0.1) is 0 Å². The van der Waals surface area contributed by atoms with Crippen molar-refractivity contribution in [3.05, 3.63) is 0 Å². The third-order valence-corrected chi connectivity index (χ3v) is 1.78. The van der Waals surface area contributed by atoms with Gasteiger partial charge in [0.1, 0.15) is 12.2 Å². The second-order valence-corrected chi connectivity index (χ2v) is 2.81. The van der Waals surface area contributed by atoms with E-state index in [-0.39, 0.29) is 0 Å². The quantitative estimate of drug-likeness (QED) is 0.405. The van der Waals surface area contributed by atoms with Gasteiger partial charge < -0.3 is 20.1 Å². The maximum absolute atomic E-state index is 9.17. The smallest absolute Gasteiger partial charge is 0.192 e. The topological polar surface area (TPSA) is 69.9 Å². The molecule has 0 radical (unpaired) electrons. The van der Waals surface area contributed by atoms with E-state index in [1.807, 2.05) is 0 Å². The molecule has 0 saturated carbocycles. The van der Waals surface area contributed by atoms with Crippen LogP contribution in [0.1, 0.15) is 13.8 Å². The van der Waals surface area contributed by atoms with Crippen molar-refractivity contribution >= 4 is 0 Å².